The van der Waals surface area contributed by atoms with Gasteiger partial charge < -0.3 is 15.5 Å². The number of amides is 3. The number of likely N-dealkylation sites (tertiary alicyclic amines) is 1. The lowest BCUT2D eigenvalue weighted by Gasteiger charge is -2.46. The first-order valence-electron chi connectivity index (χ1n) is 11.2. The van der Waals surface area contributed by atoms with Crippen LogP contribution in [0.1, 0.15) is 36.8 Å². The molecule has 0 unspecified atom stereocenters. The number of para-hydroxylation sites is 1. The van der Waals surface area contributed by atoms with Crippen LogP contribution in [-0.2, 0) is 14.4 Å². The lowest BCUT2D eigenvalue weighted by Crippen LogP contribution is -2.61. The van der Waals surface area contributed by atoms with Crippen LogP contribution in [0.3, 0.4) is 0 Å². The van der Waals surface area contributed by atoms with Crippen LogP contribution in [0.4, 0.5) is 5.69 Å². The Hall–Kier alpha value is -3.41. The van der Waals surface area contributed by atoms with Gasteiger partial charge in [0, 0.05) is 30.8 Å². The van der Waals surface area contributed by atoms with Crippen molar-refractivity contribution in [2.24, 2.45) is 17.6 Å². The Morgan fingerprint density at radius 2 is 1.78 bits per heavy atom. The highest BCUT2D eigenvalue weighted by Gasteiger charge is 2.63. The van der Waals surface area contributed by atoms with Gasteiger partial charge in [-0.2, -0.15) is 0 Å². The number of benzene rings is 2. The Labute approximate surface area is 187 Å². The number of carbonyl (C=O) groups is 3. The van der Waals surface area contributed by atoms with Crippen molar-refractivity contribution in [1.82, 2.24) is 4.90 Å². The third kappa shape index (κ3) is 3.22. The molecule has 2 fully saturated rings. The third-order valence-electron chi connectivity index (χ3n) is 7.18. The Bertz CT molecular complexity index is 1110. The molecule has 32 heavy (non-hydrogen) atoms. The summed E-state index contributed by atoms with van der Waals surface area (Å²) in [7, 11) is 0. The second-order valence-corrected chi connectivity index (χ2v) is 9.24. The second-order valence-electron chi connectivity index (χ2n) is 9.24. The van der Waals surface area contributed by atoms with Crippen molar-refractivity contribution < 1.29 is 14.4 Å². The quantitative estimate of drug-likeness (QED) is 0.742. The highest BCUT2D eigenvalue weighted by molar-refractivity contribution is 6.09. The molecule has 0 radical (unpaired) electrons. The zero-order chi connectivity index (χ0) is 22.5. The molecule has 6 nitrogen and oxygen atoms in total. The normalized spacial score (nSPS) is 26.8. The second kappa shape index (κ2) is 7.62. The predicted molar refractivity (Wildman–Crippen MR) is 123 cm³/mol. The van der Waals surface area contributed by atoms with Gasteiger partial charge in [-0.15, -0.1) is 0 Å². The molecule has 2 aromatic carbocycles. The Morgan fingerprint density at radius 1 is 1.09 bits per heavy atom. The predicted octanol–water partition coefficient (Wildman–Crippen LogP) is 2.94. The number of hydrogen-bond donors (Lipinski definition) is 1. The summed E-state index contributed by atoms with van der Waals surface area (Å²) in [5.41, 5.74) is 7.28. The van der Waals surface area contributed by atoms with Crippen LogP contribution < -0.4 is 10.6 Å². The van der Waals surface area contributed by atoms with Crippen molar-refractivity contribution in [2.75, 3.05) is 18.0 Å². The molecule has 1 saturated heterocycles. The fraction of sp³-hybridized carbons (Fsp3) is 0.346. The van der Waals surface area contributed by atoms with Crippen LogP contribution in [0.2, 0.25) is 0 Å². The maximum absolute atomic E-state index is 14.0. The lowest BCUT2D eigenvalue weighted by atomic mass is 9.71. The van der Waals surface area contributed by atoms with Gasteiger partial charge in [0.1, 0.15) is 5.54 Å². The van der Waals surface area contributed by atoms with E-state index < -0.39 is 23.3 Å². The summed E-state index contributed by atoms with van der Waals surface area (Å²) < 4.78 is 0. The molecule has 0 aromatic heterocycles. The minimum absolute atomic E-state index is 0.127. The maximum Gasteiger partial charge on any atom is 0.253 e. The Morgan fingerprint density at radius 3 is 2.47 bits per heavy atom. The monoisotopic (exact) mass is 429 g/mol. The minimum atomic E-state index is -1.17. The molecule has 2 N–H and O–H groups in total. The topological polar surface area (TPSA) is 83.7 Å². The van der Waals surface area contributed by atoms with Gasteiger partial charge in [-0.25, -0.2) is 0 Å². The number of nitrogens with zero attached hydrogens (tertiary/aromatic N) is 2. The maximum atomic E-state index is 14.0. The number of anilines is 1. The summed E-state index contributed by atoms with van der Waals surface area (Å²) in [6.07, 6.45) is 5.44. The van der Waals surface area contributed by atoms with Gasteiger partial charge in [-0.1, -0.05) is 48.5 Å². The van der Waals surface area contributed by atoms with Crippen molar-refractivity contribution in [3.05, 3.63) is 71.8 Å². The SMILES string of the molecule is C[C@@]12C(=O)N(CC3CC3)c3ccccc3[C@@H]1[C@@H](C(N)=O)CN2C(=O)/C=C/c1ccccc1. The van der Waals surface area contributed by atoms with Crippen LogP contribution in [0.15, 0.2) is 60.7 Å². The molecule has 2 aromatic rings. The molecule has 1 aliphatic carbocycles. The molecule has 2 aliphatic heterocycles. The number of fused-ring (bicyclic) bond motifs is 3. The summed E-state index contributed by atoms with van der Waals surface area (Å²) in [4.78, 5) is 43.2. The first-order chi connectivity index (χ1) is 15.4. The molecule has 3 aliphatic rings. The number of nitrogens with two attached hydrogens (primary N) is 1. The summed E-state index contributed by atoms with van der Waals surface area (Å²) >= 11 is 0. The fourth-order valence-corrected chi connectivity index (χ4v) is 5.33. The molecule has 5 rings (SSSR count). The Kier molecular flexibility index (Phi) is 4.88. The van der Waals surface area contributed by atoms with E-state index in [0.717, 1.165) is 29.7 Å². The van der Waals surface area contributed by atoms with Gasteiger partial charge >= 0.3 is 0 Å². The standard InChI is InChI=1S/C26H27N3O3/c1-26-23(19-9-5-6-10-21(19)28(25(26)32)15-18-11-12-18)20(24(27)31)16-29(26)22(30)14-13-17-7-3-2-4-8-17/h2-10,13-14,18,20,23H,11-12,15-16H2,1H3,(H2,27,31)/b14-13+/t20-,23+,26-/m0/s1. The summed E-state index contributed by atoms with van der Waals surface area (Å²) in [6, 6.07) is 17.3. The van der Waals surface area contributed by atoms with E-state index in [4.69, 9.17) is 5.73 Å². The van der Waals surface area contributed by atoms with Gasteiger partial charge in [-0.3, -0.25) is 14.4 Å². The number of primary amides is 1. The van der Waals surface area contributed by atoms with E-state index in [2.05, 4.69) is 0 Å². The zero-order valence-electron chi connectivity index (χ0n) is 18.1. The van der Waals surface area contributed by atoms with Gasteiger partial charge in [-0.05, 0) is 49.0 Å². The van der Waals surface area contributed by atoms with E-state index in [0.29, 0.717) is 12.5 Å². The van der Waals surface area contributed by atoms with Crippen molar-refractivity contribution >= 4 is 29.5 Å². The number of carbonyl (C=O) groups excluding carboxylic acids is 3. The minimum Gasteiger partial charge on any atom is -0.369 e. The van der Waals surface area contributed by atoms with Gasteiger partial charge in [0.05, 0.1) is 5.92 Å². The smallest absolute Gasteiger partial charge is 0.253 e. The first-order valence-corrected chi connectivity index (χ1v) is 11.2. The van der Waals surface area contributed by atoms with E-state index in [1.807, 2.05) is 59.5 Å². The molecule has 2 heterocycles. The largest absolute Gasteiger partial charge is 0.369 e. The molecule has 3 amide bonds. The van der Waals surface area contributed by atoms with E-state index in [9.17, 15) is 14.4 Å². The van der Waals surface area contributed by atoms with Crippen molar-refractivity contribution in [3.63, 3.8) is 0 Å². The van der Waals surface area contributed by atoms with E-state index >= 15 is 0 Å². The molecule has 6 heteroatoms. The van der Waals surface area contributed by atoms with Crippen molar-refractivity contribution in [2.45, 2.75) is 31.2 Å². The van der Waals surface area contributed by atoms with E-state index in [1.54, 1.807) is 17.9 Å². The molecule has 1 saturated carbocycles. The summed E-state index contributed by atoms with van der Waals surface area (Å²) in [5.74, 6) is -1.50. The highest BCUT2D eigenvalue weighted by atomic mass is 16.2. The number of rotatable bonds is 5. The van der Waals surface area contributed by atoms with Crippen molar-refractivity contribution in [1.29, 1.82) is 0 Å². The summed E-state index contributed by atoms with van der Waals surface area (Å²) in [5, 5.41) is 0. The van der Waals surface area contributed by atoms with E-state index in [1.165, 1.54) is 6.08 Å². The van der Waals surface area contributed by atoms with Gasteiger partial charge in [0.2, 0.25) is 11.8 Å². The number of hydrogen-bond acceptors (Lipinski definition) is 3. The molecular formula is C26H27N3O3. The highest BCUT2D eigenvalue weighted by Crippen LogP contribution is 2.53. The van der Waals surface area contributed by atoms with Gasteiger partial charge in [0.15, 0.2) is 0 Å². The average molecular weight is 430 g/mol. The molecule has 0 spiro atoms. The van der Waals surface area contributed by atoms with Crippen LogP contribution in [0, 0.1) is 11.8 Å². The van der Waals surface area contributed by atoms with Crippen LogP contribution in [0.5, 0.6) is 0 Å². The van der Waals surface area contributed by atoms with E-state index in [-0.39, 0.29) is 18.4 Å². The zero-order valence-corrected chi connectivity index (χ0v) is 18.1. The first kappa shape index (κ1) is 20.5. The van der Waals surface area contributed by atoms with Crippen LogP contribution in [0.25, 0.3) is 6.08 Å². The van der Waals surface area contributed by atoms with Crippen LogP contribution >= 0.6 is 0 Å². The average Bonchev–Trinajstić information content (AvgIpc) is 3.56. The lowest BCUT2D eigenvalue weighted by molar-refractivity contribution is -0.140. The molecular weight excluding hydrogens is 402 g/mol. The summed E-state index contributed by atoms with van der Waals surface area (Å²) in [6.45, 7) is 2.57. The Balaban J connectivity index is 1.57. The molecule has 3 atom stereocenters. The van der Waals surface area contributed by atoms with Crippen LogP contribution in [-0.4, -0.2) is 41.2 Å². The van der Waals surface area contributed by atoms with Gasteiger partial charge in [0.25, 0.3) is 5.91 Å². The third-order valence-corrected chi connectivity index (χ3v) is 7.18. The molecule has 164 valence electrons. The van der Waals surface area contributed by atoms with Crippen molar-refractivity contribution in [3.8, 4) is 0 Å². The fourth-order valence-electron chi connectivity index (χ4n) is 5.33. The molecule has 0 bridgehead atoms.